The molecule has 0 saturated heterocycles. The highest BCUT2D eigenvalue weighted by Crippen LogP contribution is 2.29. The smallest absolute Gasteiger partial charge is 0.214 e. The van der Waals surface area contributed by atoms with E-state index in [1.807, 2.05) is 56.3 Å². The molecule has 142 valence electrons. The highest BCUT2D eigenvalue weighted by Gasteiger charge is 2.15. The van der Waals surface area contributed by atoms with Gasteiger partial charge < -0.3 is 4.74 Å². The quantitative estimate of drug-likeness (QED) is 0.424. The topological polar surface area (TPSA) is 45.9 Å². The molecule has 0 radical (unpaired) electrons. The van der Waals surface area contributed by atoms with Crippen molar-refractivity contribution in [2.24, 2.45) is 5.41 Å². The Morgan fingerprint density at radius 2 is 1.50 bits per heavy atom. The van der Waals surface area contributed by atoms with E-state index in [9.17, 15) is 0 Å². The van der Waals surface area contributed by atoms with Crippen molar-refractivity contribution in [2.75, 3.05) is 6.61 Å². The molecule has 0 N–H and O–H groups in total. The Morgan fingerprint density at radius 1 is 0.857 bits per heavy atom. The van der Waals surface area contributed by atoms with E-state index in [2.05, 4.69) is 36.4 Å². The van der Waals surface area contributed by atoms with Crippen molar-refractivity contribution in [3.63, 3.8) is 0 Å². The molecule has 0 aliphatic rings. The zero-order valence-electron chi connectivity index (χ0n) is 16.6. The largest absolute Gasteiger partial charge is 0.478 e. The fraction of sp³-hybridized carbons (Fsp3) is 0.280. The second-order valence-corrected chi connectivity index (χ2v) is 7.61. The number of rotatable bonds is 8. The Labute approximate surface area is 167 Å². The molecule has 0 aliphatic carbocycles. The summed E-state index contributed by atoms with van der Waals surface area (Å²) in [5, 5.41) is 9.11. The first-order valence-electron chi connectivity index (χ1n) is 9.74. The Balaban J connectivity index is 1.76. The van der Waals surface area contributed by atoms with Crippen LogP contribution < -0.4 is 4.74 Å². The van der Waals surface area contributed by atoms with Gasteiger partial charge in [0.1, 0.15) is 0 Å². The van der Waals surface area contributed by atoms with Gasteiger partial charge in [0, 0.05) is 11.6 Å². The molecular formula is C25H26N2O. The lowest BCUT2D eigenvalue weighted by Crippen LogP contribution is -2.08. The summed E-state index contributed by atoms with van der Waals surface area (Å²) in [5.74, 6) is 0.639. The highest BCUT2D eigenvalue weighted by atomic mass is 16.5. The van der Waals surface area contributed by atoms with Crippen LogP contribution in [0.25, 0.3) is 22.4 Å². The number of ether oxygens (including phenoxy) is 1. The summed E-state index contributed by atoms with van der Waals surface area (Å²) in [4.78, 5) is 4.72. The van der Waals surface area contributed by atoms with Crippen LogP contribution in [0.3, 0.4) is 0 Å². The molecule has 0 unspecified atom stereocenters. The Kier molecular flexibility index (Phi) is 6.45. The van der Waals surface area contributed by atoms with E-state index in [-0.39, 0.29) is 5.41 Å². The zero-order valence-corrected chi connectivity index (χ0v) is 16.6. The summed E-state index contributed by atoms with van der Waals surface area (Å²) < 4.78 is 5.98. The van der Waals surface area contributed by atoms with Crippen molar-refractivity contribution >= 4 is 0 Å². The van der Waals surface area contributed by atoms with Gasteiger partial charge >= 0.3 is 0 Å². The molecule has 3 heteroatoms. The van der Waals surface area contributed by atoms with Crippen LogP contribution in [0.4, 0.5) is 0 Å². The van der Waals surface area contributed by atoms with Gasteiger partial charge in [-0.15, -0.1) is 0 Å². The van der Waals surface area contributed by atoms with Gasteiger partial charge in [0.2, 0.25) is 5.88 Å². The number of nitrogens with zero attached hydrogens (tertiary/aromatic N) is 2. The number of nitriles is 1. The predicted molar refractivity (Wildman–Crippen MR) is 114 cm³/mol. The van der Waals surface area contributed by atoms with Gasteiger partial charge in [-0.2, -0.15) is 5.26 Å². The van der Waals surface area contributed by atoms with Crippen molar-refractivity contribution in [1.29, 1.82) is 5.26 Å². The molecule has 1 heterocycles. The van der Waals surface area contributed by atoms with Gasteiger partial charge in [0.25, 0.3) is 0 Å². The molecule has 28 heavy (non-hydrogen) atoms. The fourth-order valence-corrected chi connectivity index (χ4v) is 3.03. The summed E-state index contributed by atoms with van der Waals surface area (Å²) in [6.45, 7) is 4.55. The molecular weight excluding hydrogens is 344 g/mol. The van der Waals surface area contributed by atoms with Crippen LogP contribution in [-0.4, -0.2) is 11.6 Å². The Bertz CT molecular complexity index is 870. The minimum atomic E-state index is -0.272. The third-order valence-corrected chi connectivity index (χ3v) is 4.73. The molecule has 3 nitrogen and oxygen atoms in total. The lowest BCUT2D eigenvalue weighted by Gasteiger charge is -2.15. The first-order chi connectivity index (χ1) is 13.6. The Hall–Kier alpha value is -3.12. The van der Waals surface area contributed by atoms with Crippen LogP contribution in [0.15, 0.2) is 72.8 Å². The van der Waals surface area contributed by atoms with Crippen molar-refractivity contribution in [1.82, 2.24) is 4.98 Å². The van der Waals surface area contributed by atoms with Crippen LogP contribution in [0, 0.1) is 16.7 Å². The van der Waals surface area contributed by atoms with E-state index in [1.165, 1.54) is 0 Å². The van der Waals surface area contributed by atoms with E-state index in [0.29, 0.717) is 12.5 Å². The van der Waals surface area contributed by atoms with E-state index in [1.54, 1.807) is 0 Å². The summed E-state index contributed by atoms with van der Waals surface area (Å²) in [6.07, 6.45) is 2.74. The summed E-state index contributed by atoms with van der Waals surface area (Å²) in [6, 6.07) is 26.9. The van der Waals surface area contributed by atoms with E-state index in [0.717, 1.165) is 41.6 Å². The second kappa shape index (κ2) is 9.19. The van der Waals surface area contributed by atoms with Gasteiger partial charge in [-0.3, -0.25) is 0 Å². The molecule has 0 spiro atoms. The number of pyridine rings is 1. The third-order valence-electron chi connectivity index (χ3n) is 4.73. The summed E-state index contributed by atoms with van der Waals surface area (Å²) >= 11 is 0. The molecule has 0 saturated carbocycles. The average Bonchev–Trinajstić information content (AvgIpc) is 2.74. The van der Waals surface area contributed by atoms with Crippen molar-refractivity contribution in [2.45, 2.75) is 33.1 Å². The van der Waals surface area contributed by atoms with E-state index >= 15 is 0 Å². The highest BCUT2D eigenvalue weighted by molar-refractivity contribution is 5.71. The number of hydrogen-bond acceptors (Lipinski definition) is 3. The average molecular weight is 370 g/mol. The monoisotopic (exact) mass is 370 g/mol. The van der Waals surface area contributed by atoms with Crippen molar-refractivity contribution in [3.8, 4) is 34.3 Å². The predicted octanol–water partition coefficient (Wildman–Crippen LogP) is 6.51. The minimum absolute atomic E-state index is 0.272. The van der Waals surface area contributed by atoms with Gasteiger partial charge in [-0.1, -0.05) is 60.7 Å². The van der Waals surface area contributed by atoms with Gasteiger partial charge in [-0.25, -0.2) is 4.98 Å². The molecule has 0 bridgehead atoms. The van der Waals surface area contributed by atoms with E-state index in [4.69, 9.17) is 15.0 Å². The van der Waals surface area contributed by atoms with Crippen LogP contribution in [0.2, 0.25) is 0 Å². The van der Waals surface area contributed by atoms with Gasteiger partial charge in [-0.05, 0) is 50.3 Å². The maximum Gasteiger partial charge on any atom is 0.214 e. The number of hydrogen-bond donors (Lipinski definition) is 0. The normalized spacial score (nSPS) is 11.0. The standard InChI is InChI=1S/C25H26N2O/c1-25(2,19-26)15-9-10-16-28-24-18-22(20-11-5-3-6-12-20)17-23(27-24)21-13-7-4-8-14-21/h3-8,11-14,17-18H,9-10,15-16H2,1-2H3. The molecule has 3 aromatic rings. The first-order valence-corrected chi connectivity index (χ1v) is 9.74. The maximum atomic E-state index is 9.11. The lowest BCUT2D eigenvalue weighted by atomic mass is 9.89. The number of benzene rings is 2. The van der Waals surface area contributed by atoms with Crippen LogP contribution in [0.5, 0.6) is 5.88 Å². The SMILES string of the molecule is CC(C)(C#N)CCCCOc1cc(-c2ccccc2)cc(-c2ccccc2)n1. The molecule has 0 atom stereocenters. The van der Waals surface area contributed by atoms with Gasteiger partial charge in [0.15, 0.2) is 0 Å². The van der Waals surface area contributed by atoms with Crippen LogP contribution in [-0.2, 0) is 0 Å². The molecule has 2 aromatic carbocycles. The van der Waals surface area contributed by atoms with Gasteiger partial charge in [0.05, 0.1) is 23.8 Å². The minimum Gasteiger partial charge on any atom is -0.478 e. The van der Waals surface area contributed by atoms with Crippen LogP contribution >= 0.6 is 0 Å². The fourth-order valence-electron chi connectivity index (χ4n) is 3.03. The molecule has 0 amide bonds. The molecule has 1 aromatic heterocycles. The Morgan fingerprint density at radius 3 is 2.14 bits per heavy atom. The molecule has 0 fully saturated rings. The number of unbranched alkanes of at least 4 members (excludes halogenated alkanes) is 1. The third kappa shape index (κ3) is 5.44. The first kappa shape index (κ1) is 19.6. The summed E-state index contributed by atoms with van der Waals surface area (Å²) in [5.41, 5.74) is 3.94. The lowest BCUT2D eigenvalue weighted by molar-refractivity contribution is 0.285. The van der Waals surface area contributed by atoms with Crippen LogP contribution in [0.1, 0.15) is 33.1 Å². The number of aromatic nitrogens is 1. The summed E-state index contributed by atoms with van der Waals surface area (Å²) in [7, 11) is 0. The van der Waals surface area contributed by atoms with E-state index < -0.39 is 0 Å². The second-order valence-electron chi connectivity index (χ2n) is 7.61. The maximum absolute atomic E-state index is 9.11. The molecule has 0 aliphatic heterocycles. The molecule has 3 rings (SSSR count). The van der Waals surface area contributed by atoms with Crippen molar-refractivity contribution < 1.29 is 4.74 Å². The van der Waals surface area contributed by atoms with Crippen molar-refractivity contribution in [3.05, 3.63) is 72.8 Å². The zero-order chi connectivity index (χ0) is 19.8.